The predicted octanol–water partition coefficient (Wildman–Crippen LogP) is 6.47. The molecule has 41 heavy (non-hydrogen) atoms. The zero-order chi connectivity index (χ0) is 29.1. The Bertz CT molecular complexity index is 1740. The molecule has 3 aromatic heterocycles. The molecule has 0 spiro atoms. The summed E-state index contributed by atoms with van der Waals surface area (Å²) in [6.07, 6.45) is 2.03. The number of rotatable bonds is 8. The van der Waals surface area contributed by atoms with Gasteiger partial charge in [0.25, 0.3) is 11.8 Å². The number of halogens is 1. The third-order valence-electron chi connectivity index (χ3n) is 6.48. The van der Waals surface area contributed by atoms with E-state index in [1.807, 2.05) is 6.92 Å². The van der Waals surface area contributed by atoms with Gasteiger partial charge in [-0.25, -0.2) is 9.37 Å². The van der Waals surface area contributed by atoms with Gasteiger partial charge >= 0.3 is 0 Å². The lowest BCUT2D eigenvalue weighted by molar-refractivity contribution is 0.102. The van der Waals surface area contributed by atoms with Crippen molar-refractivity contribution < 1.29 is 28.5 Å². The molecule has 0 saturated carbocycles. The maximum Gasteiger partial charge on any atom is 0.261 e. The van der Waals surface area contributed by atoms with E-state index in [0.29, 0.717) is 68.8 Å². The SMILES string of the molecule is CCc1nc(C)c(-c2ccc(F)cc2)c(O)c1C(=O)Nc1ccc(Oc2ccnc3cc(OC)c(OC)nc23)cc1. The number of fused-ring (bicyclic) bond motifs is 1. The molecule has 0 unspecified atom stereocenters. The minimum atomic E-state index is -0.519. The molecule has 5 rings (SSSR count). The van der Waals surface area contributed by atoms with Crippen LogP contribution in [0.15, 0.2) is 66.9 Å². The molecule has 3 heterocycles. The molecule has 1 amide bonds. The molecule has 9 nitrogen and oxygen atoms in total. The van der Waals surface area contributed by atoms with E-state index in [1.54, 1.807) is 61.7 Å². The lowest BCUT2D eigenvalue weighted by Gasteiger charge is -2.16. The first-order valence-electron chi connectivity index (χ1n) is 12.8. The summed E-state index contributed by atoms with van der Waals surface area (Å²) in [6, 6.07) is 15.8. The van der Waals surface area contributed by atoms with Gasteiger partial charge in [-0.15, -0.1) is 0 Å². The van der Waals surface area contributed by atoms with Crippen LogP contribution in [0.4, 0.5) is 10.1 Å². The first-order chi connectivity index (χ1) is 19.8. The van der Waals surface area contributed by atoms with Crippen molar-refractivity contribution in [3.05, 3.63) is 89.6 Å². The fourth-order valence-corrected chi connectivity index (χ4v) is 4.52. The molecule has 0 radical (unpaired) electrons. The zero-order valence-corrected chi connectivity index (χ0v) is 22.9. The maximum absolute atomic E-state index is 13.5. The molecular weight excluding hydrogens is 527 g/mol. The van der Waals surface area contributed by atoms with E-state index >= 15 is 0 Å². The number of aryl methyl sites for hydroxylation is 2. The summed E-state index contributed by atoms with van der Waals surface area (Å²) in [5.74, 6) is 0.595. The van der Waals surface area contributed by atoms with Crippen LogP contribution in [0.5, 0.6) is 28.9 Å². The number of anilines is 1. The Labute approximate surface area is 235 Å². The van der Waals surface area contributed by atoms with E-state index in [0.717, 1.165) is 0 Å². The van der Waals surface area contributed by atoms with E-state index in [4.69, 9.17) is 14.2 Å². The van der Waals surface area contributed by atoms with Crippen LogP contribution in [0.2, 0.25) is 0 Å². The summed E-state index contributed by atoms with van der Waals surface area (Å²) in [4.78, 5) is 26.7. The largest absolute Gasteiger partial charge is 0.506 e. The monoisotopic (exact) mass is 554 g/mol. The highest BCUT2D eigenvalue weighted by Crippen LogP contribution is 2.37. The molecule has 2 aromatic carbocycles. The number of aromatic hydroxyl groups is 1. The number of hydrogen-bond donors (Lipinski definition) is 2. The summed E-state index contributed by atoms with van der Waals surface area (Å²) >= 11 is 0. The molecule has 0 atom stereocenters. The first kappa shape index (κ1) is 27.3. The molecule has 0 aliphatic rings. The number of hydrogen-bond acceptors (Lipinski definition) is 8. The molecule has 0 fully saturated rings. The number of pyridine rings is 3. The normalized spacial score (nSPS) is 10.9. The second-order valence-electron chi connectivity index (χ2n) is 9.06. The summed E-state index contributed by atoms with van der Waals surface area (Å²) in [5.41, 5.74) is 3.54. The van der Waals surface area contributed by atoms with Gasteiger partial charge in [-0.2, -0.15) is 0 Å². The Morgan fingerprint density at radius 3 is 2.37 bits per heavy atom. The van der Waals surface area contributed by atoms with Crippen molar-refractivity contribution in [1.82, 2.24) is 15.0 Å². The smallest absolute Gasteiger partial charge is 0.261 e. The maximum atomic E-state index is 13.5. The summed E-state index contributed by atoms with van der Waals surface area (Å²) in [7, 11) is 3.02. The van der Waals surface area contributed by atoms with Gasteiger partial charge in [0.1, 0.15) is 28.4 Å². The number of ether oxygens (including phenoxy) is 3. The van der Waals surface area contributed by atoms with Crippen LogP contribution >= 0.6 is 0 Å². The topological polar surface area (TPSA) is 116 Å². The Morgan fingerprint density at radius 2 is 1.71 bits per heavy atom. The van der Waals surface area contributed by atoms with Crippen LogP contribution in [0.25, 0.3) is 22.2 Å². The van der Waals surface area contributed by atoms with Crippen LogP contribution < -0.4 is 19.5 Å². The number of benzene rings is 2. The number of nitrogens with zero attached hydrogens (tertiary/aromatic N) is 3. The van der Waals surface area contributed by atoms with Crippen LogP contribution in [-0.2, 0) is 6.42 Å². The van der Waals surface area contributed by atoms with Crippen molar-refractivity contribution in [2.45, 2.75) is 20.3 Å². The second-order valence-corrected chi connectivity index (χ2v) is 9.06. The molecule has 0 saturated heterocycles. The number of carbonyl (C=O) groups is 1. The van der Waals surface area contributed by atoms with Crippen LogP contribution in [-0.4, -0.2) is 40.2 Å². The summed E-state index contributed by atoms with van der Waals surface area (Å²) in [6.45, 7) is 3.59. The van der Waals surface area contributed by atoms with Gasteiger partial charge in [0.2, 0.25) is 0 Å². The van der Waals surface area contributed by atoms with Crippen LogP contribution in [0.1, 0.15) is 28.7 Å². The highest BCUT2D eigenvalue weighted by Gasteiger charge is 2.23. The van der Waals surface area contributed by atoms with Crippen LogP contribution in [0.3, 0.4) is 0 Å². The fraction of sp³-hybridized carbons (Fsp3) is 0.161. The lowest BCUT2D eigenvalue weighted by atomic mass is 9.97. The minimum Gasteiger partial charge on any atom is -0.506 e. The van der Waals surface area contributed by atoms with Gasteiger partial charge in [-0.3, -0.25) is 14.8 Å². The average molecular weight is 555 g/mol. The van der Waals surface area contributed by atoms with E-state index in [2.05, 4.69) is 20.3 Å². The van der Waals surface area contributed by atoms with E-state index in [1.165, 1.54) is 26.4 Å². The zero-order valence-electron chi connectivity index (χ0n) is 22.9. The van der Waals surface area contributed by atoms with Crippen molar-refractivity contribution in [2.75, 3.05) is 19.5 Å². The highest BCUT2D eigenvalue weighted by atomic mass is 19.1. The number of amides is 1. The van der Waals surface area contributed by atoms with Crippen molar-refractivity contribution in [1.29, 1.82) is 0 Å². The fourth-order valence-electron chi connectivity index (χ4n) is 4.52. The third kappa shape index (κ3) is 5.44. The minimum absolute atomic E-state index is 0.0662. The van der Waals surface area contributed by atoms with Gasteiger partial charge in [-0.05, 0) is 55.3 Å². The highest BCUT2D eigenvalue weighted by molar-refractivity contribution is 6.08. The average Bonchev–Trinajstić information content (AvgIpc) is 2.98. The van der Waals surface area contributed by atoms with Crippen molar-refractivity contribution >= 4 is 22.6 Å². The van der Waals surface area contributed by atoms with Crippen molar-refractivity contribution in [3.8, 4) is 40.0 Å². The molecule has 208 valence electrons. The van der Waals surface area contributed by atoms with E-state index in [9.17, 15) is 14.3 Å². The standard InChI is InChI=1S/C31H27FN4O5/c1-5-22-27(29(37)26(17(2)34-22)18-6-8-19(32)9-7-18)30(38)35-20-10-12-21(13-11-20)41-24-14-15-33-23-16-25(39-3)31(40-4)36-28(23)24/h6-16H,5H2,1-4H3,(H,34,37)(H,35,38). The summed E-state index contributed by atoms with van der Waals surface area (Å²) < 4.78 is 30.2. The number of carbonyl (C=O) groups excluding carboxylic acids is 1. The number of nitrogens with one attached hydrogen (secondary N) is 1. The molecule has 0 aliphatic heterocycles. The van der Waals surface area contributed by atoms with Crippen molar-refractivity contribution in [2.24, 2.45) is 0 Å². The number of aromatic nitrogens is 3. The Morgan fingerprint density at radius 1 is 0.976 bits per heavy atom. The first-order valence-corrected chi connectivity index (χ1v) is 12.8. The molecular formula is C31H27FN4O5. The van der Waals surface area contributed by atoms with Gasteiger partial charge < -0.3 is 24.6 Å². The quantitative estimate of drug-likeness (QED) is 0.224. The van der Waals surface area contributed by atoms with Gasteiger partial charge in [-0.1, -0.05) is 19.1 Å². The van der Waals surface area contributed by atoms with Gasteiger partial charge in [0, 0.05) is 35.3 Å². The Balaban J connectivity index is 1.40. The van der Waals surface area contributed by atoms with Gasteiger partial charge in [0.05, 0.1) is 25.4 Å². The third-order valence-corrected chi connectivity index (χ3v) is 6.48. The second kappa shape index (κ2) is 11.5. The van der Waals surface area contributed by atoms with Gasteiger partial charge in [0.15, 0.2) is 11.5 Å². The number of methoxy groups -OCH3 is 2. The molecule has 10 heteroatoms. The van der Waals surface area contributed by atoms with Crippen molar-refractivity contribution in [3.63, 3.8) is 0 Å². The molecule has 0 bridgehead atoms. The molecule has 2 N–H and O–H groups in total. The van der Waals surface area contributed by atoms with E-state index < -0.39 is 11.7 Å². The van der Waals surface area contributed by atoms with E-state index in [-0.39, 0.29) is 11.3 Å². The van der Waals surface area contributed by atoms with Crippen LogP contribution in [0, 0.1) is 12.7 Å². The molecule has 5 aromatic rings. The Kier molecular flexibility index (Phi) is 7.64. The lowest BCUT2D eigenvalue weighted by Crippen LogP contribution is -2.16. The Hall–Kier alpha value is -5.25. The predicted molar refractivity (Wildman–Crippen MR) is 153 cm³/mol. The summed E-state index contributed by atoms with van der Waals surface area (Å²) in [5, 5.41) is 14.0. The molecule has 0 aliphatic carbocycles.